The van der Waals surface area contributed by atoms with Gasteiger partial charge in [-0.25, -0.2) is 9.50 Å². The highest BCUT2D eigenvalue weighted by Gasteiger charge is 2.49. The number of nitrogens with zero attached hydrogens (tertiary/aromatic N) is 6. The van der Waals surface area contributed by atoms with Crippen molar-refractivity contribution in [1.82, 2.24) is 29.4 Å². The first-order valence-corrected chi connectivity index (χ1v) is 8.84. The molecule has 1 atom stereocenters. The highest BCUT2D eigenvalue weighted by Crippen LogP contribution is 2.37. The summed E-state index contributed by atoms with van der Waals surface area (Å²) in [4.78, 5) is 25.5. The molecular weight excluding hydrogens is 304 g/mol. The Bertz CT molecular complexity index is 744. The third-order valence-corrected chi connectivity index (χ3v) is 5.53. The lowest BCUT2D eigenvalue weighted by Gasteiger charge is -2.43. The summed E-state index contributed by atoms with van der Waals surface area (Å²) in [6, 6.07) is 0. The number of carbonyl (C=O) groups is 1. The van der Waals surface area contributed by atoms with Gasteiger partial charge in [0.1, 0.15) is 11.9 Å². The molecule has 2 aromatic heterocycles. The Morgan fingerprint density at radius 1 is 1.21 bits per heavy atom. The van der Waals surface area contributed by atoms with E-state index in [2.05, 4.69) is 20.0 Å². The van der Waals surface area contributed by atoms with Crippen LogP contribution in [0.15, 0.2) is 18.7 Å². The molecule has 2 aliphatic heterocycles. The van der Waals surface area contributed by atoms with Crippen LogP contribution in [0.3, 0.4) is 0 Å². The van der Waals surface area contributed by atoms with Crippen molar-refractivity contribution in [3.05, 3.63) is 24.3 Å². The van der Waals surface area contributed by atoms with Gasteiger partial charge in [-0.2, -0.15) is 10.1 Å². The Labute approximate surface area is 141 Å². The Hall–Kier alpha value is -2.02. The molecule has 0 aromatic carbocycles. The zero-order valence-corrected chi connectivity index (χ0v) is 14.2. The maximum atomic E-state index is 12.8. The smallest absolute Gasteiger partial charge is 0.252 e. The number of amides is 1. The second-order valence-electron chi connectivity index (χ2n) is 7.02. The molecule has 7 nitrogen and oxygen atoms in total. The van der Waals surface area contributed by atoms with Gasteiger partial charge < -0.3 is 4.90 Å². The molecule has 24 heavy (non-hydrogen) atoms. The van der Waals surface area contributed by atoms with Crippen LogP contribution in [-0.2, 0) is 11.2 Å². The molecule has 1 amide bonds. The maximum Gasteiger partial charge on any atom is 0.252 e. The maximum absolute atomic E-state index is 12.8. The van der Waals surface area contributed by atoms with E-state index in [4.69, 9.17) is 0 Å². The van der Waals surface area contributed by atoms with E-state index in [1.165, 1.54) is 6.33 Å². The summed E-state index contributed by atoms with van der Waals surface area (Å²) in [6.07, 6.45) is 11.6. The van der Waals surface area contributed by atoms with Crippen molar-refractivity contribution in [3.63, 3.8) is 0 Å². The molecular formula is C17H24N6O. The highest BCUT2D eigenvalue weighted by atomic mass is 16.2. The van der Waals surface area contributed by atoms with E-state index in [-0.39, 0.29) is 5.54 Å². The van der Waals surface area contributed by atoms with E-state index in [0.29, 0.717) is 11.7 Å². The first-order chi connectivity index (χ1) is 11.7. The monoisotopic (exact) mass is 328 g/mol. The van der Waals surface area contributed by atoms with Crippen LogP contribution in [0.1, 0.15) is 37.7 Å². The number of carbonyl (C=O) groups excluding carboxylic acids is 1. The van der Waals surface area contributed by atoms with Gasteiger partial charge in [0.05, 0.1) is 0 Å². The van der Waals surface area contributed by atoms with Crippen LogP contribution in [0, 0.1) is 0 Å². The number of aryl methyl sites for hydroxylation is 1. The molecule has 0 saturated carbocycles. The molecule has 0 radical (unpaired) electrons. The summed E-state index contributed by atoms with van der Waals surface area (Å²) in [5.74, 6) is 0.963. The van der Waals surface area contributed by atoms with Crippen molar-refractivity contribution in [2.24, 2.45) is 0 Å². The van der Waals surface area contributed by atoms with Crippen molar-refractivity contribution >= 4 is 11.7 Å². The fourth-order valence-corrected chi connectivity index (χ4v) is 4.32. The molecule has 1 spiro atoms. The zero-order valence-electron chi connectivity index (χ0n) is 14.2. The quantitative estimate of drug-likeness (QED) is 0.842. The van der Waals surface area contributed by atoms with Gasteiger partial charge >= 0.3 is 0 Å². The second kappa shape index (κ2) is 6.12. The number of piperidine rings is 1. The SMILES string of the molecule is CN1CCCC2(CCCN2CCCc2cnc3ncnn3c2)C1=O. The average molecular weight is 328 g/mol. The Morgan fingerprint density at radius 3 is 2.92 bits per heavy atom. The largest absolute Gasteiger partial charge is 0.344 e. The van der Waals surface area contributed by atoms with Crippen molar-refractivity contribution in [2.45, 2.75) is 44.1 Å². The van der Waals surface area contributed by atoms with Crippen molar-refractivity contribution in [3.8, 4) is 0 Å². The van der Waals surface area contributed by atoms with Gasteiger partial charge in [-0.1, -0.05) is 0 Å². The van der Waals surface area contributed by atoms with E-state index in [0.717, 1.165) is 63.7 Å². The lowest BCUT2D eigenvalue weighted by Crippen LogP contribution is -2.59. The highest BCUT2D eigenvalue weighted by molar-refractivity contribution is 5.87. The summed E-state index contributed by atoms with van der Waals surface area (Å²) < 4.78 is 1.71. The Morgan fingerprint density at radius 2 is 2.04 bits per heavy atom. The van der Waals surface area contributed by atoms with Gasteiger partial charge in [0.25, 0.3) is 5.78 Å². The summed E-state index contributed by atoms with van der Waals surface area (Å²) in [5.41, 5.74) is 0.939. The van der Waals surface area contributed by atoms with Gasteiger partial charge in [-0.3, -0.25) is 9.69 Å². The third-order valence-electron chi connectivity index (χ3n) is 5.53. The van der Waals surface area contributed by atoms with Gasteiger partial charge in [-0.05, 0) is 57.2 Å². The predicted molar refractivity (Wildman–Crippen MR) is 89.5 cm³/mol. The first-order valence-electron chi connectivity index (χ1n) is 8.84. The molecule has 0 N–H and O–H groups in total. The molecule has 4 heterocycles. The number of fused-ring (bicyclic) bond motifs is 1. The van der Waals surface area contributed by atoms with Gasteiger partial charge in [0.15, 0.2) is 0 Å². The van der Waals surface area contributed by atoms with E-state index in [9.17, 15) is 4.79 Å². The normalized spacial score (nSPS) is 25.2. The minimum atomic E-state index is -0.221. The van der Waals surface area contributed by atoms with Crippen LogP contribution in [0.25, 0.3) is 5.78 Å². The lowest BCUT2D eigenvalue weighted by atomic mass is 9.85. The van der Waals surface area contributed by atoms with E-state index in [1.807, 2.05) is 24.3 Å². The number of hydrogen-bond acceptors (Lipinski definition) is 5. The Kier molecular flexibility index (Phi) is 3.96. The summed E-state index contributed by atoms with van der Waals surface area (Å²) in [6.45, 7) is 2.91. The molecule has 2 saturated heterocycles. The topological polar surface area (TPSA) is 66.6 Å². The van der Waals surface area contributed by atoms with Crippen LogP contribution in [0.5, 0.6) is 0 Å². The van der Waals surface area contributed by atoms with Gasteiger partial charge in [-0.15, -0.1) is 0 Å². The molecule has 4 rings (SSSR count). The number of rotatable bonds is 4. The first kappa shape index (κ1) is 15.5. The molecule has 128 valence electrons. The number of hydrogen-bond donors (Lipinski definition) is 0. The van der Waals surface area contributed by atoms with Crippen LogP contribution in [0.2, 0.25) is 0 Å². The number of likely N-dealkylation sites (N-methyl/N-ethyl adjacent to an activating group) is 1. The van der Waals surface area contributed by atoms with E-state index >= 15 is 0 Å². The fourth-order valence-electron chi connectivity index (χ4n) is 4.32. The number of aromatic nitrogens is 4. The molecule has 2 fully saturated rings. The second-order valence-corrected chi connectivity index (χ2v) is 7.02. The van der Waals surface area contributed by atoms with Crippen LogP contribution in [0.4, 0.5) is 0 Å². The van der Waals surface area contributed by atoms with Crippen molar-refractivity contribution in [1.29, 1.82) is 0 Å². The Balaban J connectivity index is 1.40. The van der Waals surface area contributed by atoms with Crippen LogP contribution < -0.4 is 0 Å². The molecule has 7 heteroatoms. The number of likely N-dealkylation sites (tertiary alicyclic amines) is 2. The summed E-state index contributed by atoms with van der Waals surface area (Å²) in [7, 11) is 1.94. The summed E-state index contributed by atoms with van der Waals surface area (Å²) in [5, 5.41) is 4.13. The molecule has 2 aliphatic rings. The molecule has 0 aliphatic carbocycles. The zero-order chi connectivity index (χ0) is 16.6. The van der Waals surface area contributed by atoms with Gasteiger partial charge in [0, 0.05) is 26.0 Å². The molecule has 1 unspecified atom stereocenters. The van der Waals surface area contributed by atoms with Crippen molar-refractivity contribution in [2.75, 3.05) is 26.7 Å². The predicted octanol–water partition coefficient (Wildman–Crippen LogP) is 1.14. The average Bonchev–Trinajstić information content (AvgIpc) is 3.20. The van der Waals surface area contributed by atoms with E-state index < -0.39 is 0 Å². The van der Waals surface area contributed by atoms with Crippen LogP contribution in [-0.4, -0.2) is 67.5 Å². The van der Waals surface area contributed by atoms with Crippen LogP contribution >= 0.6 is 0 Å². The standard InChI is InChI=1S/C17H24N6O/c1-21-8-3-6-17(15(21)24)7-4-10-22(17)9-2-5-14-11-18-16-19-13-20-23(16)12-14/h11-13H,2-10H2,1H3. The van der Waals surface area contributed by atoms with Crippen molar-refractivity contribution < 1.29 is 4.79 Å². The lowest BCUT2D eigenvalue weighted by molar-refractivity contribution is -0.145. The summed E-state index contributed by atoms with van der Waals surface area (Å²) >= 11 is 0. The molecule has 0 bridgehead atoms. The molecule has 2 aromatic rings. The van der Waals surface area contributed by atoms with E-state index in [1.54, 1.807) is 4.52 Å². The third kappa shape index (κ3) is 2.56. The fraction of sp³-hybridized carbons (Fsp3) is 0.647. The minimum absolute atomic E-state index is 0.221. The van der Waals surface area contributed by atoms with Gasteiger partial charge in [0.2, 0.25) is 5.91 Å². The minimum Gasteiger partial charge on any atom is -0.344 e.